The number of likely N-dealkylation sites (N-methyl/N-ethyl adjacent to an activating group) is 1. The first-order valence-electron chi connectivity index (χ1n) is 19.1. The normalized spacial score (nSPS) is 49.1. The molecule has 3 N–H and O–H groups in total. The van der Waals surface area contributed by atoms with Gasteiger partial charge in [0.05, 0.1) is 47.5 Å². The number of ketones is 1. The van der Waals surface area contributed by atoms with E-state index in [2.05, 4.69) is 0 Å². The predicted octanol–water partition coefficient (Wildman–Crippen LogP) is 2.97. The van der Waals surface area contributed by atoms with E-state index >= 15 is 0 Å². The van der Waals surface area contributed by atoms with Gasteiger partial charge in [0.15, 0.2) is 24.3 Å². The Morgan fingerprint density at radius 1 is 0.906 bits per heavy atom. The topological polar surface area (TPSA) is 189 Å². The molecule has 0 bridgehead atoms. The molecule has 53 heavy (non-hydrogen) atoms. The molecule has 4 fully saturated rings. The highest BCUT2D eigenvalue weighted by molar-refractivity contribution is 5.84. The zero-order chi connectivity index (χ0) is 40.0. The molecular formula is C38H65NO14. The lowest BCUT2D eigenvalue weighted by Gasteiger charge is -2.49. The van der Waals surface area contributed by atoms with Crippen LogP contribution in [0.25, 0.3) is 0 Å². The zero-order valence-corrected chi connectivity index (χ0v) is 33.8. The lowest BCUT2D eigenvalue weighted by atomic mass is 9.74. The minimum atomic E-state index is -1.78. The summed E-state index contributed by atoms with van der Waals surface area (Å²) in [4.78, 5) is 43.0. The number of cyclic esters (lactones) is 1. The summed E-state index contributed by atoms with van der Waals surface area (Å²) in [5.41, 5.74) is -4.33. The number of fused-ring (bicyclic) bond motifs is 1. The van der Waals surface area contributed by atoms with Crippen LogP contribution in [0.5, 0.6) is 0 Å². The van der Waals surface area contributed by atoms with Crippen molar-refractivity contribution in [2.45, 2.75) is 179 Å². The number of aliphatic hydroxyl groups excluding tert-OH is 2. The summed E-state index contributed by atoms with van der Waals surface area (Å²) in [5, 5.41) is 34.9. The lowest BCUT2D eigenvalue weighted by Crippen LogP contribution is -2.61. The largest absolute Gasteiger partial charge is 0.509 e. The second kappa shape index (κ2) is 16.6. The SMILES string of the molecule is CC[C@H]1OC(=O)[C@H](C)[C@@H](O[C@H]2C[C@@](C)(OC)[C@@H](O)[C@H](C)O2)[C@H](C)[C@@H](O[C@@H]2O[C@H](C)C[C@H](N(C)C)[C@H]2O)[C@](C)(O)C[C@@H](C)C(=O)[C@H](C)[C@@H]2OC(=O)O[C@]12C. The van der Waals surface area contributed by atoms with E-state index in [4.69, 9.17) is 37.9 Å². The maximum atomic E-state index is 14.3. The highest BCUT2D eigenvalue weighted by atomic mass is 16.8. The number of carbonyl (C=O) groups is 3. The van der Waals surface area contributed by atoms with Crippen molar-refractivity contribution in [2.75, 3.05) is 21.2 Å². The van der Waals surface area contributed by atoms with E-state index in [0.29, 0.717) is 6.42 Å². The molecule has 4 rings (SSSR count). The van der Waals surface area contributed by atoms with Crippen LogP contribution in [0.1, 0.15) is 94.9 Å². The summed E-state index contributed by atoms with van der Waals surface area (Å²) in [6.45, 7) is 16.9. The van der Waals surface area contributed by atoms with Crippen LogP contribution in [0.4, 0.5) is 4.79 Å². The van der Waals surface area contributed by atoms with E-state index in [0.717, 1.165) is 0 Å². The number of rotatable bonds is 7. The maximum absolute atomic E-state index is 14.3. The zero-order valence-electron chi connectivity index (χ0n) is 33.8. The Morgan fingerprint density at radius 2 is 1.55 bits per heavy atom. The van der Waals surface area contributed by atoms with Crippen LogP contribution in [-0.4, -0.2) is 144 Å². The van der Waals surface area contributed by atoms with Gasteiger partial charge in [-0.15, -0.1) is 0 Å². The minimum Gasteiger partial charge on any atom is -0.458 e. The van der Waals surface area contributed by atoms with E-state index in [1.54, 1.807) is 62.3 Å². The van der Waals surface area contributed by atoms with Gasteiger partial charge in [0, 0.05) is 31.4 Å². The maximum Gasteiger partial charge on any atom is 0.509 e. The third kappa shape index (κ3) is 8.88. The first-order chi connectivity index (χ1) is 24.5. The molecule has 0 aromatic heterocycles. The molecule has 15 heteroatoms. The molecule has 0 aliphatic carbocycles. The molecule has 4 aliphatic heterocycles. The summed E-state index contributed by atoms with van der Waals surface area (Å²) in [5.74, 6) is -4.54. The molecule has 0 aromatic rings. The van der Waals surface area contributed by atoms with Crippen molar-refractivity contribution in [1.82, 2.24) is 4.90 Å². The molecule has 4 heterocycles. The van der Waals surface area contributed by atoms with E-state index in [1.165, 1.54) is 7.11 Å². The van der Waals surface area contributed by atoms with Crippen LogP contribution in [-0.2, 0) is 47.5 Å². The van der Waals surface area contributed by atoms with Crippen LogP contribution in [0.3, 0.4) is 0 Å². The number of Topliss-reactive ketones (excluding diaryl/α,β-unsaturated/α-hetero) is 1. The minimum absolute atomic E-state index is 0.0996. The predicted molar refractivity (Wildman–Crippen MR) is 189 cm³/mol. The van der Waals surface area contributed by atoms with Crippen molar-refractivity contribution in [3.8, 4) is 0 Å². The molecule has 18 atom stereocenters. The van der Waals surface area contributed by atoms with E-state index in [-0.39, 0.29) is 37.2 Å². The fourth-order valence-electron chi connectivity index (χ4n) is 9.03. The highest BCUT2D eigenvalue weighted by Crippen LogP contribution is 2.43. The molecule has 4 aliphatic rings. The molecular weight excluding hydrogens is 694 g/mol. The molecule has 0 radical (unpaired) electrons. The lowest BCUT2D eigenvalue weighted by molar-refractivity contribution is -0.318. The molecule has 15 nitrogen and oxygen atoms in total. The van der Waals surface area contributed by atoms with Crippen molar-refractivity contribution in [1.29, 1.82) is 0 Å². The van der Waals surface area contributed by atoms with Gasteiger partial charge in [-0.1, -0.05) is 27.7 Å². The van der Waals surface area contributed by atoms with Crippen molar-refractivity contribution >= 4 is 17.9 Å². The average Bonchev–Trinajstić information content (AvgIpc) is 3.40. The quantitative estimate of drug-likeness (QED) is 0.321. The second-order valence-corrected chi connectivity index (χ2v) is 16.9. The fourth-order valence-corrected chi connectivity index (χ4v) is 9.03. The Balaban J connectivity index is 1.84. The third-order valence-corrected chi connectivity index (χ3v) is 12.3. The van der Waals surface area contributed by atoms with E-state index in [1.807, 2.05) is 25.9 Å². The third-order valence-electron chi connectivity index (χ3n) is 12.3. The molecule has 0 unspecified atom stereocenters. The molecule has 0 spiro atoms. The van der Waals surface area contributed by atoms with Gasteiger partial charge in [0.1, 0.15) is 24.1 Å². The van der Waals surface area contributed by atoms with E-state index < -0.39 is 108 Å². The number of hydrogen-bond donors (Lipinski definition) is 3. The second-order valence-electron chi connectivity index (χ2n) is 16.9. The van der Waals surface area contributed by atoms with E-state index in [9.17, 15) is 29.7 Å². The van der Waals surface area contributed by atoms with Crippen LogP contribution in [0.15, 0.2) is 0 Å². The number of nitrogens with zero attached hydrogens (tertiary/aromatic N) is 1. The number of aliphatic hydroxyl groups is 3. The van der Waals surface area contributed by atoms with Gasteiger partial charge >= 0.3 is 12.1 Å². The van der Waals surface area contributed by atoms with Gasteiger partial charge in [0.2, 0.25) is 0 Å². The Hall–Kier alpha value is -1.95. The molecule has 0 saturated carbocycles. The molecule has 0 aromatic carbocycles. The Kier molecular flexibility index (Phi) is 13.7. The smallest absolute Gasteiger partial charge is 0.458 e. The monoisotopic (exact) mass is 759 g/mol. The standard InChI is InChI=1S/C38H65NO14/c1-14-25-38(10)32(52-35(44)53-38)20(4)27(40)18(2)16-36(8,45)31(51-34-28(41)24(39(11)12)15-19(3)47-34)21(5)29(22(6)33(43)49-25)50-26-17-37(9,46-13)30(42)23(7)48-26/h18-26,28-32,34,41-42,45H,14-17H2,1-13H3/t18-,19-,20+,21+,22-,23+,24+,25-,26+,28-,29+,30+,31-,32+,34+,36-,37-,38-/m1/s1. The van der Waals surface area contributed by atoms with Crippen molar-refractivity contribution < 1.29 is 67.6 Å². The van der Waals surface area contributed by atoms with Crippen molar-refractivity contribution in [2.24, 2.45) is 23.7 Å². The van der Waals surface area contributed by atoms with Gasteiger partial charge in [-0.25, -0.2) is 4.79 Å². The summed E-state index contributed by atoms with van der Waals surface area (Å²) >= 11 is 0. The molecule has 0 amide bonds. The number of methoxy groups -OCH3 is 1. The van der Waals surface area contributed by atoms with Crippen LogP contribution >= 0.6 is 0 Å². The van der Waals surface area contributed by atoms with Gasteiger partial charge in [0.25, 0.3) is 0 Å². The Labute approximate surface area is 314 Å². The summed E-state index contributed by atoms with van der Waals surface area (Å²) in [7, 11) is 5.20. The Morgan fingerprint density at radius 3 is 2.13 bits per heavy atom. The van der Waals surface area contributed by atoms with Crippen LogP contribution in [0, 0.1) is 23.7 Å². The van der Waals surface area contributed by atoms with Crippen molar-refractivity contribution in [3.63, 3.8) is 0 Å². The first-order valence-corrected chi connectivity index (χ1v) is 19.1. The Bertz CT molecular complexity index is 1300. The van der Waals surface area contributed by atoms with Crippen LogP contribution < -0.4 is 0 Å². The highest BCUT2D eigenvalue weighted by Gasteiger charge is 2.59. The average molecular weight is 760 g/mol. The van der Waals surface area contributed by atoms with Gasteiger partial charge in [-0.3, -0.25) is 9.59 Å². The summed E-state index contributed by atoms with van der Waals surface area (Å²) < 4.78 is 48.7. The number of hydrogen-bond acceptors (Lipinski definition) is 15. The van der Waals surface area contributed by atoms with Gasteiger partial charge in [-0.05, 0) is 74.9 Å². The first kappa shape index (κ1) is 43.8. The fraction of sp³-hybridized carbons (Fsp3) is 0.921. The molecule has 306 valence electrons. The summed E-state index contributed by atoms with van der Waals surface area (Å²) in [6.07, 6.45) is -9.81. The van der Waals surface area contributed by atoms with Gasteiger partial charge < -0.3 is 58.1 Å². The summed E-state index contributed by atoms with van der Waals surface area (Å²) in [6, 6.07) is -0.322. The van der Waals surface area contributed by atoms with Crippen LogP contribution in [0.2, 0.25) is 0 Å². The number of ether oxygens (including phenoxy) is 8. The van der Waals surface area contributed by atoms with Gasteiger partial charge in [-0.2, -0.15) is 0 Å². The molecule has 4 saturated heterocycles. The number of carbonyl (C=O) groups excluding carboxylic acids is 3. The van der Waals surface area contributed by atoms with Crippen molar-refractivity contribution in [3.05, 3.63) is 0 Å². The number of esters is 1.